The van der Waals surface area contributed by atoms with Gasteiger partial charge in [-0.2, -0.15) is 0 Å². The van der Waals surface area contributed by atoms with Crippen LogP contribution in [0.3, 0.4) is 0 Å². The molecular weight excluding hydrogens is 322 g/mol. The Morgan fingerprint density at radius 3 is 2.45 bits per heavy atom. The molecule has 0 atom stereocenters. The van der Waals surface area contributed by atoms with Crippen molar-refractivity contribution in [1.82, 2.24) is 4.72 Å². The fraction of sp³-hybridized carbons (Fsp3) is 0.200. The van der Waals surface area contributed by atoms with Gasteiger partial charge in [0, 0.05) is 11.8 Å². The zero-order chi connectivity index (χ0) is 16.3. The number of rotatable bonds is 5. The van der Waals surface area contributed by atoms with Crippen molar-refractivity contribution in [2.45, 2.75) is 19.6 Å². The molecule has 0 aliphatic rings. The predicted molar refractivity (Wildman–Crippen MR) is 86.2 cm³/mol. The first-order valence-electron chi connectivity index (χ1n) is 6.48. The van der Waals surface area contributed by atoms with Crippen LogP contribution in [0, 0.1) is 0 Å². The van der Waals surface area contributed by atoms with E-state index in [0.717, 1.165) is 17.4 Å². The molecule has 0 bridgehead atoms. The van der Waals surface area contributed by atoms with E-state index in [0.29, 0.717) is 10.4 Å². The van der Waals surface area contributed by atoms with Gasteiger partial charge in [0.25, 0.3) is 0 Å². The minimum atomic E-state index is -3.69. The van der Waals surface area contributed by atoms with Gasteiger partial charge < -0.3 is 0 Å². The molecule has 1 heterocycles. The second kappa shape index (κ2) is 6.41. The van der Waals surface area contributed by atoms with Gasteiger partial charge in [-0.1, -0.05) is 18.2 Å². The monoisotopic (exact) mass is 337 g/mol. The first-order chi connectivity index (χ1) is 10.3. The second-order valence-electron chi connectivity index (χ2n) is 4.84. The maximum atomic E-state index is 11.8. The predicted octanol–water partition coefficient (Wildman–Crippen LogP) is 2.58. The maximum Gasteiger partial charge on any atom is 0.239 e. The molecule has 1 amide bonds. The van der Waals surface area contributed by atoms with Crippen molar-refractivity contribution in [1.29, 1.82) is 0 Å². The van der Waals surface area contributed by atoms with E-state index in [1.165, 1.54) is 18.3 Å². The van der Waals surface area contributed by atoms with Gasteiger partial charge in [0.15, 0.2) is 5.78 Å². The number of hydrogen-bond acceptors (Lipinski definition) is 5. The van der Waals surface area contributed by atoms with E-state index >= 15 is 0 Å². The van der Waals surface area contributed by atoms with Crippen LogP contribution in [-0.2, 0) is 20.6 Å². The smallest absolute Gasteiger partial charge is 0.239 e. The van der Waals surface area contributed by atoms with Crippen LogP contribution in [0.2, 0.25) is 0 Å². The van der Waals surface area contributed by atoms with Crippen molar-refractivity contribution in [3.05, 3.63) is 46.8 Å². The summed E-state index contributed by atoms with van der Waals surface area (Å²) >= 11 is 1.36. The average molecular weight is 337 g/mol. The average Bonchev–Trinajstić information content (AvgIpc) is 2.86. The SMILES string of the molecule is CC(=O)NS(=O)(=O)Cc1cccc(-c2ccc(C(C)=O)s2)c1. The highest BCUT2D eigenvalue weighted by molar-refractivity contribution is 7.89. The molecule has 2 aromatic rings. The zero-order valence-corrected chi connectivity index (χ0v) is 13.8. The minimum absolute atomic E-state index is 0.000593. The topological polar surface area (TPSA) is 80.3 Å². The summed E-state index contributed by atoms with van der Waals surface area (Å²) in [5, 5.41) is 0. The van der Waals surface area contributed by atoms with E-state index in [4.69, 9.17) is 0 Å². The highest BCUT2D eigenvalue weighted by Gasteiger charge is 2.14. The molecule has 0 aliphatic heterocycles. The molecule has 7 heteroatoms. The van der Waals surface area contributed by atoms with E-state index in [1.54, 1.807) is 24.3 Å². The number of thiophene rings is 1. The van der Waals surface area contributed by atoms with E-state index < -0.39 is 15.9 Å². The third-order valence-electron chi connectivity index (χ3n) is 2.82. The number of benzene rings is 1. The Bertz CT molecular complexity index is 822. The largest absolute Gasteiger partial charge is 0.294 e. The highest BCUT2D eigenvalue weighted by atomic mass is 32.2. The van der Waals surface area contributed by atoms with E-state index in [9.17, 15) is 18.0 Å². The van der Waals surface area contributed by atoms with Crippen LogP contribution in [-0.4, -0.2) is 20.1 Å². The van der Waals surface area contributed by atoms with Crippen LogP contribution >= 0.6 is 11.3 Å². The summed E-state index contributed by atoms with van der Waals surface area (Å²) in [5.41, 5.74) is 1.41. The Labute approximate surface area is 133 Å². The second-order valence-corrected chi connectivity index (χ2v) is 7.64. The third-order valence-corrected chi connectivity index (χ3v) is 5.37. The molecule has 0 aliphatic carbocycles. The quantitative estimate of drug-likeness (QED) is 0.850. The molecular formula is C15H15NO4S2. The van der Waals surface area contributed by atoms with Crippen molar-refractivity contribution >= 4 is 33.1 Å². The number of carbonyl (C=O) groups is 2. The summed E-state index contributed by atoms with van der Waals surface area (Å²) in [6.07, 6.45) is 0. The molecule has 1 N–H and O–H groups in total. The van der Waals surface area contributed by atoms with Crippen LogP contribution in [0.25, 0.3) is 10.4 Å². The Morgan fingerprint density at radius 1 is 1.14 bits per heavy atom. The van der Waals surface area contributed by atoms with E-state index in [-0.39, 0.29) is 11.5 Å². The molecule has 1 aromatic heterocycles. The molecule has 0 unspecified atom stereocenters. The molecule has 22 heavy (non-hydrogen) atoms. The van der Waals surface area contributed by atoms with Gasteiger partial charge in [-0.05, 0) is 36.2 Å². The van der Waals surface area contributed by atoms with Gasteiger partial charge >= 0.3 is 0 Å². The van der Waals surface area contributed by atoms with Crippen LogP contribution in [0.1, 0.15) is 29.1 Å². The normalized spacial score (nSPS) is 11.2. The molecule has 1 aromatic carbocycles. The lowest BCUT2D eigenvalue weighted by Gasteiger charge is -2.06. The maximum absolute atomic E-state index is 11.8. The van der Waals surface area contributed by atoms with Crippen LogP contribution in [0.15, 0.2) is 36.4 Å². The summed E-state index contributed by atoms with van der Waals surface area (Å²) in [5.74, 6) is -0.883. The van der Waals surface area contributed by atoms with Crippen LogP contribution < -0.4 is 4.72 Å². The van der Waals surface area contributed by atoms with Crippen molar-refractivity contribution in [3.8, 4) is 10.4 Å². The van der Waals surface area contributed by atoms with Gasteiger partial charge in [0.1, 0.15) is 0 Å². The van der Waals surface area contributed by atoms with Gasteiger partial charge in [-0.3, -0.25) is 14.3 Å². The summed E-state index contributed by atoms with van der Waals surface area (Å²) in [6, 6.07) is 10.6. The number of Topliss-reactive ketones (excluding diaryl/α,β-unsaturated/α-hetero) is 1. The molecule has 0 saturated heterocycles. The summed E-state index contributed by atoms with van der Waals surface area (Å²) in [7, 11) is -3.69. The standard InChI is InChI=1S/C15H15NO4S2/c1-10(17)14-6-7-15(21-14)13-5-3-4-12(8-13)9-22(19,20)16-11(2)18/h3-8H,9H2,1-2H3,(H,16,18). The number of nitrogens with one attached hydrogen (secondary N) is 1. The van der Waals surface area contributed by atoms with Crippen molar-refractivity contribution in [3.63, 3.8) is 0 Å². The first-order valence-corrected chi connectivity index (χ1v) is 8.95. The van der Waals surface area contributed by atoms with Crippen LogP contribution in [0.5, 0.6) is 0 Å². The van der Waals surface area contributed by atoms with E-state index in [1.807, 2.05) is 16.9 Å². The fourth-order valence-electron chi connectivity index (χ4n) is 1.97. The Morgan fingerprint density at radius 2 is 1.86 bits per heavy atom. The Hall–Kier alpha value is -1.99. The Balaban J connectivity index is 2.26. The lowest BCUT2D eigenvalue weighted by Crippen LogP contribution is -2.29. The van der Waals surface area contributed by atoms with Crippen molar-refractivity contribution in [2.75, 3.05) is 0 Å². The highest BCUT2D eigenvalue weighted by Crippen LogP contribution is 2.29. The van der Waals surface area contributed by atoms with Gasteiger partial charge in [0.05, 0.1) is 10.6 Å². The number of sulfonamides is 1. The summed E-state index contributed by atoms with van der Waals surface area (Å²) in [6.45, 7) is 2.66. The Kier molecular flexibility index (Phi) is 4.77. The number of hydrogen-bond donors (Lipinski definition) is 1. The lowest BCUT2D eigenvalue weighted by molar-refractivity contribution is -0.117. The van der Waals surface area contributed by atoms with Crippen molar-refractivity contribution in [2.24, 2.45) is 0 Å². The first kappa shape index (κ1) is 16.4. The third kappa shape index (κ3) is 4.25. The molecule has 0 radical (unpaired) electrons. The number of carbonyl (C=O) groups excluding carboxylic acids is 2. The van der Waals surface area contributed by atoms with Crippen LogP contribution in [0.4, 0.5) is 0 Å². The minimum Gasteiger partial charge on any atom is -0.294 e. The van der Waals surface area contributed by atoms with Gasteiger partial charge in [-0.25, -0.2) is 8.42 Å². The molecule has 116 valence electrons. The molecule has 2 rings (SSSR count). The van der Waals surface area contributed by atoms with Gasteiger partial charge in [-0.15, -0.1) is 11.3 Å². The summed E-state index contributed by atoms with van der Waals surface area (Å²) in [4.78, 5) is 23.8. The van der Waals surface area contributed by atoms with Crippen molar-refractivity contribution < 1.29 is 18.0 Å². The molecule has 0 spiro atoms. The number of amides is 1. The lowest BCUT2D eigenvalue weighted by atomic mass is 10.1. The molecule has 5 nitrogen and oxygen atoms in total. The zero-order valence-electron chi connectivity index (χ0n) is 12.1. The van der Waals surface area contributed by atoms with E-state index in [2.05, 4.69) is 0 Å². The van der Waals surface area contributed by atoms with Gasteiger partial charge in [0.2, 0.25) is 15.9 Å². The summed E-state index contributed by atoms with van der Waals surface area (Å²) < 4.78 is 25.5. The fourth-order valence-corrected chi connectivity index (χ4v) is 4.00. The molecule has 0 fully saturated rings. The number of ketones is 1. The molecule has 0 saturated carbocycles.